The maximum Gasteiger partial charge on any atom is 0.127 e. The number of hydrogen-bond donors (Lipinski definition) is 1. The van der Waals surface area contributed by atoms with Crippen LogP contribution in [0.3, 0.4) is 0 Å². The lowest BCUT2D eigenvalue weighted by Crippen LogP contribution is -2.15. The van der Waals surface area contributed by atoms with Gasteiger partial charge in [-0.25, -0.2) is 4.98 Å². The molecule has 0 radical (unpaired) electrons. The molecule has 0 fully saturated rings. The zero-order valence-corrected chi connectivity index (χ0v) is 11.5. The standard InChI is InChI=1S/C13H14Cl2N2/c1-13(2,3)8-6-7-4-5-9(14)10(15)11(7)17-12(8)16/h4-6H,1-3H3,(H2,16,17). The maximum absolute atomic E-state index is 6.11. The van der Waals surface area contributed by atoms with Gasteiger partial charge in [0.05, 0.1) is 15.6 Å². The molecule has 0 saturated carbocycles. The van der Waals surface area contributed by atoms with Crippen molar-refractivity contribution in [3.63, 3.8) is 0 Å². The molecule has 0 aliphatic rings. The first-order valence-electron chi connectivity index (χ1n) is 5.35. The summed E-state index contributed by atoms with van der Waals surface area (Å²) in [5.41, 5.74) is 7.61. The van der Waals surface area contributed by atoms with Crippen LogP contribution in [0.15, 0.2) is 18.2 Å². The van der Waals surface area contributed by atoms with Gasteiger partial charge in [-0.3, -0.25) is 0 Å². The minimum Gasteiger partial charge on any atom is -0.383 e. The second kappa shape index (κ2) is 4.04. The van der Waals surface area contributed by atoms with Crippen LogP contribution in [-0.4, -0.2) is 4.98 Å². The molecule has 0 spiro atoms. The summed E-state index contributed by atoms with van der Waals surface area (Å²) in [7, 11) is 0. The highest BCUT2D eigenvalue weighted by Crippen LogP contribution is 2.34. The predicted octanol–water partition coefficient (Wildman–Crippen LogP) is 4.42. The van der Waals surface area contributed by atoms with E-state index < -0.39 is 0 Å². The Morgan fingerprint density at radius 1 is 1.18 bits per heavy atom. The van der Waals surface area contributed by atoms with Crippen molar-refractivity contribution in [2.45, 2.75) is 26.2 Å². The molecule has 1 aromatic heterocycles. The molecule has 0 aliphatic carbocycles. The summed E-state index contributed by atoms with van der Waals surface area (Å²) in [5, 5.41) is 1.91. The predicted molar refractivity (Wildman–Crippen MR) is 74.9 cm³/mol. The van der Waals surface area contributed by atoms with Crippen LogP contribution >= 0.6 is 23.2 Å². The van der Waals surface area contributed by atoms with Gasteiger partial charge in [-0.05, 0) is 17.5 Å². The van der Waals surface area contributed by atoms with Gasteiger partial charge < -0.3 is 5.73 Å². The number of pyridine rings is 1. The molecule has 4 heteroatoms. The molecule has 0 amide bonds. The van der Waals surface area contributed by atoms with Crippen molar-refractivity contribution in [3.8, 4) is 0 Å². The molecular formula is C13H14Cl2N2. The number of hydrogen-bond acceptors (Lipinski definition) is 2. The van der Waals surface area contributed by atoms with Crippen molar-refractivity contribution in [2.75, 3.05) is 5.73 Å². The van der Waals surface area contributed by atoms with E-state index in [-0.39, 0.29) is 5.41 Å². The number of nitrogens with two attached hydrogens (primary N) is 1. The molecule has 2 rings (SSSR count). The van der Waals surface area contributed by atoms with Crippen LogP contribution in [0.5, 0.6) is 0 Å². The molecule has 90 valence electrons. The first-order chi connectivity index (χ1) is 7.80. The fourth-order valence-corrected chi connectivity index (χ4v) is 2.16. The van der Waals surface area contributed by atoms with Gasteiger partial charge in [-0.2, -0.15) is 0 Å². The van der Waals surface area contributed by atoms with Crippen molar-refractivity contribution in [1.82, 2.24) is 4.98 Å². The molecule has 2 N–H and O–H groups in total. The van der Waals surface area contributed by atoms with Gasteiger partial charge in [0, 0.05) is 10.9 Å². The smallest absolute Gasteiger partial charge is 0.127 e. The van der Waals surface area contributed by atoms with Crippen LogP contribution in [0.4, 0.5) is 5.82 Å². The third-order valence-electron chi connectivity index (χ3n) is 2.72. The van der Waals surface area contributed by atoms with E-state index in [1.54, 1.807) is 6.07 Å². The van der Waals surface area contributed by atoms with Crippen LogP contribution < -0.4 is 5.73 Å². The minimum atomic E-state index is -0.0443. The number of fused-ring (bicyclic) bond motifs is 1. The highest BCUT2D eigenvalue weighted by Gasteiger charge is 2.19. The fraction of sp³-hybridized carbons (Fsp3) is 0.308. The van der Waals surface area contributed by atoms with E-state index >= 15 is 0 Å². The summed E-state index contributed by atoms with van der Waals surface area (Å²) in [6.45, 7) is 6.30. The van der Waals surface area contributed by atoms with E-state index in [2.05, 4.69) is 25.8 Å². The number of halogens is 2. The Kier molecular flexibility index (Phi) is 2.96. The molecular weight excluding hydrogens is 255 g/mol. The Balaban J connectivity index is 2.80. The lowest BCUT2D eigenvalue weighted by atomic mass is 9.86. The second-order valence-corrected chi connectivity index (χ2v) is 5.89. The first-order valence-corrected chi connectivity index (χ1v) is 6.11. The van der Waals surface area contributed by atoms with Crippen molar-refractivity contribution in [2.24, 2.45) is 0 Å². The molecule has 0 saturated heterocycles. The lowest BCUT2D eigenvalue weighted by molar-refractivity contribution is 0.591. The number of anilines is 1. The summed E-state index contributed by atoms with van der Waals surface area (Å²) in [5.74, 6) is 0.508. The van der Waals surface area contributed by atoms with Gasteiger partial charge in [-0.1, -0.05) is 50.0 Å². The molecule has 0 bridgehead atoms. The van der Waals surface area contributed by atoms with Gasteiger partial charge in [0.15, 0.2) is 0 Å². The van der Waals surface area contributed by atoms with Crippen molar-refractivity contribution < 1.29 is 0 Å². The summed E-state index contributed by atoms with van der Waals surface area (Å²) < 4.78 is 0. The highest BCUT2D eigenvalue weighted by molar-refractivity contribution is 6.45. The van der Waals surface area contributed by atoms with Crippen molar-refractivity contribution >= 4 is 39.9 Å². The van der Waals surface area contributed by atoms with Crippen LogP contribution in [0.25, 0.3) is 10.9 Å². The number of benzene rings is 1. The highest BCUT2D eigenvalue weighted by atomic mass is 35.5. The summed E-state index contributed by atoms with van der Waals surface area (Å²) in [4.78, 5) is 4.36. The second-order valence-electron chi connectivity index (χ2n) is 5.10. The van der Waals surface area contributed by atoms with Crippen molar-refractivity contribution in [3.05, 3.63) is 33.8 Å². The van der Waals surface area contributed by atoms with Gasteiger partial charge in [0.1, 0.15) is 5.82 Å². The molecule has 2 nitrogen and oxygen atoms in total. The van der Waals surface area contributed by atoms with E-state index in [0.29, 0.717) is 21.4 Å². The Labute approximate surface area is 111 Å². The molecule has 17 heavy (non-hydrogen) atoms. The zero-order valence-electron chi connectivity index (χ0n) is 10.0. The third kappa shape index (κ3) is 2.20. The summed E-state index contributed by atoms with van der Waals surface area (Å²) in [6.07, 6.45) is 0. The Morgan fingerprint density at radius 3 is 2.41 bits per heavy atom. The van der Waals surface area contributed by atoms with Gasteiger partial charge in [0.25, 0.3) is 0 Å². The van der Waals surface area contributed by atoms with Gasteiger partial charge in [0.2, 0.25) is 0 Å². The van der Waals surface area contributed by atoms with E-state index in [9.17, 15) is 0 Å². The average molecular weight is 269 g/mol. The maximum atomic E-state index is 6.11. The summed E-state index contributed by atoms with van der Waals surface area (Å²) >= 11 is 12.1. The first kappa shape index (κ1) is 12.5. The number of aromatic nitrogens is 1. The molecule has 0 atom stereocenters. The van der Waals surface area contributed by atoms with Crippen LogP contribution in [-0.2, 0) is 5.41 Å². The monoisotopic (exact) mass is 268 g/mol. The molecule has 1 aromatic carbocycles. The molecule has 1 heterocycles. The molecule has 0 aliphatic heterocycles. The Hall–Kier alpha value is -0.990. The Bertz CT molecular complexity index is 586. The van der Waals surface area contributed by atoms with E-state index in [1.807, 2.05) is 12.1 Å². The topological polar surface area (TPSA) is 38.9 Å². The van der Waals surface area contributed by atoms with Crippen LogP contribution in [0, 0.1) is 0 Å². The van der Waals surface area contributed by atoms with E-state index in [4.69, 9.17) is 28.9 Å². The van der Waals surface area contributed by atoms with E-state index in [1.165, 1.54) is 0 Å². The van der Waals surface area contributed by atoms with Gasteiger partial charge in [-0.15, -0.1) is 0 Å². The fourth-order valence-electron chi connectivity index (χ4n) is 1.80. The largest absolute Gasteiger partial charge is 0.383 e. The average Bonchev–Trinajstić information content (AvgIpc) is 2.22. The number of nitrogens with zero attached hydrogens (tertiary/aromatic N) is 1. The van der Waals surface area contributed by atoms with Crippen LogP contribution in [0.2, 0.25) is 10.0 Å². The van der Waals surface area contributed by atoms with E-state index in [0.717, 1.165) is 10.9 Å². The summed E-state index contributed by atoms with van der Waals surface area (Å²) in [6, 6.07) is 5.71. The quantitative estimate of drug-likeness (QED) is 0.768. The zero-order chi connectivity index (χ0) is 12.8. The molecule has 0 unspecified atom stereocenters. The van der Waals surface area contributed by atoms with Crippen LogP contribution in [0.1, 0.15) is 26.3 Å². The SMILES string of the molecule is CC(C)(C)c1cc2ccc(Cl)c(Cl)c2nc1N. The minimum absolute atomic E-state index is 0.0443. The van der Waals surface area contributed by atoms with Gasteiger partial charge >= 0.3 is 0 Å². The Morgan fingerprint density at radius 2 is 1.82 bits per heavy atom. The van der Waals surface area contributed by atoms with Crippen molar-refractivity contribution in [1.29, 1.82) is 0 Å². The number of nitrogen functional groups attached to an aromatic ring is 1. The third-order valence-corrected chi connectivity index (χ3v) is 3.51. The lowest BCUT2D eigenvalue weighted by Gasteiger charge is -2.21. The normalized spacial score (nSPS) is 12.1. The molecule has 2 aromatic rings. The number of rotatable bonds is 0.